The summed E-state index contributed by atoms with van der Waals surface area (Å²) in [5.41, 5.74) is 2.10. The van der Waals surface area contributed by atoms with Gasteiger partial charge >= 0.3 is 0 Å². The third-order valence-corrected chi connectivity index (χ3v) is 3.93. The van der Waals surface area contributed by atoms with E-state index in [0.717, 1.165) is 5.56 Å². The van der Waals surface area contributed by atoms with Crippen LogP contribution in [0.15, 0.2) is 55.6 Å². The van der Waals surface area contributed by atoms with Gasteiger partial charge in [0.1, 0.15) is 24.7 Å². The second-order valence-corrected chi connectivity index (χ2v) is 5.72. The summed E-state index contributed by atoms with van der Waals surface area (Å²) in [7, 11) is 0. The lowest BCUT2D eigenvalue weighted by Gasteiger charge is -2.22. The molecule has 3 rings (SSSR count). The predicted molar refractivity (Wildman–Crippen MR) is 95.9 cm³/mol. The minimum Gasteiger partial charge on any atom is -0.489 e. The van der Waals surface area contributed by atoms with Gasteiger partial charge in [0.15, 0.2) is 5.78 Å². The second kappa shape index (κ2) is 6.77. The first-order chi connectivity index (χ1) is 12.1. The first-order valence-electron chi connectivity index (χ1n) is 7.93. The second-order valence-electron chi connectivity index (χ2n) is 5.72. The Morgan fingerprint density at radius 2 is 1.52 bits per heavy atom. The van der Waals surface area contributed by atoms with E-state index >= 15 is 0 Å². The number of ketones is 2. The number of carbonyl (C=O) groups excluding carboxylic acids is 2. The highest BCUT2D eigenvalue weighted by atomic mass is 16.5. The summed E-state index contributed by atoms with van der Waals surface area (Å²) in [6, 6.07) is 8.50. The Bertz CT molecular complexity index is 893. The van der Waals surface area contributed by atoms with Gasteiger partial charge in [-0.1, -0.05) is 37.4 Å². The lowest BCUT2D eigenvalue weighted by atomic mass is 9.82. The first-order valence-corrected chi connectivity index (χ1v) is 7.93. The molecule has 0 heterocycles. The van der Waals surface area contributed by atoms with Crippen LogP contribution < -0.4 is 9.47 Å². The molecule has 1 aliphatic rings. The van der Waals surface area contributed by atoms with E-state index in [4.69, 9.17) is 9.47 Å². The highest BCUT2D eigenvalue weighted by molar-refractivity contribution is 6.30. The molecular weight excluding hydrogens is 316 g/mol. The smallest absolute Gasteiger partial charge is 0.201 e. The van der Waals surface area contributed by atoms with Gasteiger partial charge in [-0.25, -0.2) is 0 Å². The van der Waals surface area contributed by atoms with Gasteiger partial charge in [0.25, 0.3) is 0 Å². The Kier molecular flexibility index (Phi) is 4.52. The normalized spacial score (nSPS) is 12.2. The Hall–Kier alpha value is -3.14. The molecule has 0 spiro atoms. The number of aryl methyl sites for hydroxylation is 1. The Balaban J connectivity index is 2.20. The third kappa shape index (κ3) is 2.87. The number of fused-ring (bicyclic) bond motifs is 2. The zero-order valence-corrected chi connectivity index (χ0v) is 14.0. The molecule has 2 aromatic carbocycles. The quantitative estimate of drug-likeness (QED) is 0.642. The Morgan fingerprint density at radius 1 is 0.880 bits per heavy atom. The van der Waals surface area contributed by atoms with E-state index in [1.807, 2.05) is 6.92 Å². The van der Waals surface area contributed by atoms with Crippen molar-refractivity contribution in [1.82, 2.24) is 0 Å². The maximum absolute atomic E-state index is 13.2. The van der Waals surface area contributed by atoms with Crippen molar-refractivity contribution in [2.24, 2.45) is 0 Å². The van der Waals surface area contributed by atoms with Crippen molar-refractivity contribution >= 4 is 11.6 Å². The van der Waals surface area contributed by atoms with Crippen molar-refractivity contribution in [3.05, 3.63) is 83.5 Å². The van der Waals surface area contributed by atoms with Crippen LogP contribution in [0.5, 0.6) is 11.5 Å². The van der Waals surface area contributed by atoms with Gasteiger partial charge in [-0.3, -0.25) is 9.59 Å². The van der Waals surface area contributed by atoms with Crippen LogP contribution in [0.4, 0.5) is 0 Å². The van der Waals surface area contributed by atoms with Crippen LogP contribution in [0.3, 0.4) is 0 Å². The summed E-state index contributed by atoms with van der Waals surface area (Å²) < 4.78 is 11.2. The zero-order valence-electron chi connectivity index (χ0n) is 14.0. The van der Waals surface area contributed by atoms with Crippen molar-refractivity contribution in [3.8, 4) is 11.5 Å². The summed E-state index contributed by atoms with van der Waals surface area (Å²) in [6.07, 6.45) is 3.18. The highest BCUT2D eigenvalue weighted by Crippen LogP contribution is 2.38. The molecule has 0 aliphatic heterocycles. The molecule has 0 fully saturated rings. The molecule has 4 nitrogen and oxygen atoms in total. The number of carbonyl (C=O) groups is 2. The minimum atomic E-state index is -0.275. The molecule has 0 saturated heterocycles. The maximum Gasteiger partial charge on any atom is 0.201 e. The number of ether oxygens (including phenoxy) is 2. The average Bonchev–Trinajstić information content (AvgIpc) is 2.61. The van der Waals surface area contributed by atoms with E-state index in [0.29, 0.717) is 22.6 Å². The van der Waals surface area contributed by atoms with Gasteiger partial charge in [0.2, 0.25) is 5.78 Å². The Morgan fingerprint density at radius 3 is 2.20 bits per heavy atom. The first kappa shape index (κ1) is 16.7. The van der Waals surface area contributed by atoms with Gasteiger partial charge < -0.3 is 9.47 Å². The van der Waals surface area contributed by atoms with Crippen LogP contribution in [-0.4, -0.2) is 24.8 Å². The van der Waals surface area contributed by atoms with E-state index < -0.39 is 0 Å². The highest BCUT2D eigenvalue weighted by Gasteiger charge is 2.35. The van der Waals surface area contributed by atoms with Gasteiger partial charge in [0, 0.05) is 11.1 Å². The summed E-state index contributed by atoms with van der Waals surface area (Å²) in [4.78, 5) is 26.1. The largest absolute Gasteiger partial charge is 0.489 e. The van der Waals surface area contributed by atoms with Gasteiger partial charge in [-0.2, -0.15) is 0 Å². The van der Waals surface area contributed by atoms with Crippen LogP contribution in [0, 0.1) is 6.92 Å². The van der Waals surface area contributed by atoms with Crippen molar-refractivity contribution in [3.63, 3.8) is 0 Å². The lowest BCUT2D eigenvalue weighted by molar-refractivity contribution is 0.0973. The SMILES string of the molecule is C=CCOc1cccc2c1C(=O)c1c(OCC=C)cc(C)cc1C2=O. The molecule has 4 heteroatoms. The number of rotatable bonds is 6. The van der Waals surface area contributed by atoms with E-state index in [9.17, 15) is 9.59 Å². The average molecular weight is 334 g/mol. The van der Waals surface area contributed by atoms with E-state index in [1.54, 1.807) is 42.5 Å². The number of hydrogen-bond acceptors (Lipinski definition) is 4. The van der Waals surface area contributed by atoms with E-state index in [2.05, 4.69) is 13.2 Å². The lowest BCUT2D eigenvalue weighted by Crippen LogP contribution is -2.23. The van der Waals surface area contributed by atoms with Crippen LogP contribution in [0.2, 0.25) is 0 Å². The van der Waals surface area contributed by atoms with Crippen molar-refractivity contribution in [2.45, 2.75) is 6.92 Å². The van der Waals surface area contributed by atoms with E-state index in [-0.39, 0.29) is 35.9 Å². The molecular formula is C21H18O4. The molecule has 25 heavy (non-hydrogen) atoms. The van der Waals surface area contributed by atoms with Gasteiger partial charge in [0.05, 0.1) is 11.1 Å². The van der Waals surface area contributed by atoms with E-state index in [1.165, 1.54) is 0 Å². The maximum atomic E-state index is 13.2. The van der Waals surface area contributed by atoms with Gasteiger partial charge in [-0.15, -0.1) is 0 Å². The molecule has 0 saturated carbocycles. The molecule has 0 atom stereocenters. The summed E-state index contributed by atoms with van der Waals surface area (Å²) in [5.74, 6) is 0.276. The standard InChI is InChI=1S/C21H18O4/c1-4-9-24-16-8-6-7-14-18(16)21(23)19-15(20(14)22)11-13(3)12-17(19)25-10-5-2/h4-8,11-12H,1-2,9-10H2,3H3. The molecule has 0 aromatic heterocycles. The molecule has 0 radical (unpaired) electrons. The van der Waals surface area contributed by atoms with Crippen LogP contribution in [0.25, 0.3) is 0 Å². The zero-order chi connectivity index (χ0) is 18.0. The summed E-state index contributed by atoms with van der Waals surface area (Å²) in [5, 5.41) is 0. The monoisotopic (exact) mass is 334 g/mol. The molecule has 1 aliphatic carbocycles. The molecule has 0 N–H and O–H groups in total. The number of hydrogen-bond donors (Lipinski definition) is 0. The van der Waals surface area contributed by atoms with Crippen molar-refractivity contribution < 1.29 is 19.1 Å². The van der Waals surface area contributed by atoms with Crippen molar-refractivity contribution in [1.29, 1.82) is 0 Å². The van der Waals surface area contributed by atoms with Crippen LogP contribution >= 0.6 is 0 Å². The fourth-order valence-corrected chi connectivity index (χ4v) is 2.92. The molecule has 126 valence electrons. The Labute approximate surface area is 146 Å². The minimum absolute atomic E-state index is 0.208. The fourth-order valence-electron chi connectivity index (χ4n) is 2.92. The molecule has 0 bridgehead atoms. The third-order valence-electron chi connectivity index (χ3n) is 3.93. The van der Waals surface area contributed by atoms with Gasteiger partial charge in [-0.05, 0) is 30.7 Å². The van der Waals surface area contributed by atoms with Crippen LogP contribution in [0.1, 0.15) is 37.4 Å². The predicted octanol–water partition coefficient (Wildman–Crippen LogP) is 3.90. The topological polar surface area (TPSA) is 52.6 Å². The van der Waals surface area contributed by atoms with Crippen LogP contribution in [-0.2, 0) is 0 Å². The number of benzene rings is 2. The van der Waals surface area contributed by atoms with Crippen molar-refractivity contribution in [2.75, 3.05) is 13.2 Å². The molecule has 0 unspecified atom stereocenters. The molecule has 0 amide bonds. The fraction of sp³-hybridized carbons (Fsp3) is 0.143. The molecule has 2 aromatic rings. The summed E-state index contributed by atoms with van der Waals surface area (Å²) in [6.45, 7) is 9.59. The summed E-state index contributed by atoms with van der Waals surface area (Å²) >= 11 is 0.